The van der Waals surface area contributed by atoms with Crippen LogP contribution in [0.4, 0.5) is 0 Å². The molecule has 1 aliphatic rings. The quantitative estimate of drug-likeness (QED) is 0.718. The number of nitrogens with one attached hydrogen (secondary N) is 1. The van der Waals surface area contributed by atoms with Gasteiger partial charge in [-0.25, -0.2) is 8.42 Å². The minimum absolute atomic E-state index is 0.0829. The van der Waals surface area contributed by atoms with Crippen LogP contribution < -0.4 is 10.1 Å². The highest BCUT2D eigenvalue weighted by atomic mass is 32.2. The third-order valence-corrected chi connectivity index (χ3v) is 7.08. The lowest BCUT2D eigenvalue weighted by molar-refractivity contribution is -0.121. The SMILES string of the molecule is COc1ccc(S(=O)(=O)N2CCCC2)cc1CCC(=O)NCc1ccc(C)cc1. The van der Waals surface area contributed by atoms with Crippen molar-refractivity contribution in [2.24, 2.45) is 0 Å². The molecule has 2 aromatic carbocycles. The molecule has 1 amide bonds. The van der Waals surface area contributed by atoms with Gasteiger partial charge in [0.05, 0.1) is 12.0 Å². The summed E-state index contributed by atoms with van der Waals surface area (Å²) in [5.41, 5.74) is 2.94. The van der Waals surface area contributed by atoms with Crippen LogP contribution in [-0.2, 0) is 27.8 Å². The van der Waals surface area contributed by atoms with E-state index in [1.165, 1.54) is 9.87 Å². The Labute approximate surface area is 172 Å². The normalized spacial score (nSPS) is 14.7. The first-order valence-electron chi connectivity index (χ1n) is 9.89. The lowest BCUT2D eigenvalue weighted by atomic mass is 10.1. The van der Waals surface area contributed by atoms with Gasteiger partial charge in [-0.2, -0.15) is 4.31 Å². The predicted molar refractivity (Wildman–Crippen MR) is 112 cm³/mol. The van der Waals surface area contributed by atoms with E-state index in [2.05, 4.69) is 5.32 Å². The van der Waals surface area contributed by atoms with E-state index >= 15 is 0 Å². The molecule has 0 radical (unpaired) electrons. The molecule has 1 N–H and O–H groups in total. The maximum absolute atomic E-state index is 12.8. The molecule has 7 heteroatoms. The first-order chi connectivity index (χ1) is 13.9. The molecule has 0 bridgehead atoms. The summed E-state index contributed by atoms with van der Waals surface area (Å²) < 4.78 is 32.5. The van der Waals surface area contributed by atoms with Crippen LogP contribution in [0.15, 0.2) is 47.4 Å². The Bertz CT molecular complexity index is 949. The molecule has 1 saturated heterocycles. The van der Waals surface area contributed by atoms with E-state index in [0.717, 1.165) is 24.0 Å². The average Bonchev–Trinajstić information content (AvgIpc) is 3.27. The number of methoxy groups -OCH3 is 1. The second kappa shape index (κ2) is 9.41. The topological polar surface area (TPSA) is 75.7 Å². The molecule has 1 fully saturated rings. The molecule has 0 aromatic heterocycles. The lowest BCUT2D eigenvalue weighted by Crippen LogP contribution is -2.28. The second-order valence-electron chi connectivity index (χ2n) is 7.35. The van der Waals surface area contributed by atoms with Gasteiger partial charge in [-0.15, -0.1) is 0 Å². The van der Waals surface area contributed by atoms with Crippen molar-refractivity contribution in [3.8, 4) is 5.75 Å². The Morgan fingerprint density at radius 2 is 1.79 bits per heavy atom. The molecule has 3 rings (SSSR count). The number of rotatable bonds is 8. The van der Waals surface area contributed by atoms with Crippen LogP contribution in [0.1, 0.15) is 36.0 Å². The van der Waals surface area contributed by atoms with Crippen molar-refractivity contribution in [2.45, 2.75) is 44.0 Å². The summed E-state index contributed by atoms with van der Waals surface area (Å²) in [7, 11) is -1.95. The summed E-state index contributed by atoms with van der Waals surface area (Å²) in [6, 6.07) is 12.9. The Morgan fingerprint density at radius 1 is 1.10 bits per heavy atom. The van der Waals surface area contributed by atoms with Crippen LogP contribution in [0.5, 0.6) is 5.75 Å². The van der Waals surface area contributed by atoms with Gasteiger partial charge < -0.3 is 10.1 Å². The Morgan fingerprint density at radius 3 is 2.45 bits per heavy atom. The fourth-order valence-corrected chi connectivity index (χ4v) is 5.00. The van der Waals surface area contributed by atoms with Crippen LogP contribution in [0.25, 0.3) is 0 Å². The number of carbonyl (C=O) groups excluding carboxylic acids is 1. The number of sulfonamides is 1. The largest absolute Gasteiger partial charge is 0.496 e. The van der Waals surface area contributed by atoms with Gasteiger partial charge in [0, 0.05) is 26.1 Å². The molecule has 0 atom stereocenters. The van der Waals surface area contributed by atoms with Gasteiger partial charge in [0.1, 0.15) is 5.75 Å². The molecule has 2 aromatic rings. The van der Waals surface area contributed by atoms with E-state index in [0.29, 0.717) is 31.8 Å². The minimum Gasteiger partial charge on any atom is -0.496 e. The summed E-state index contributed by atoms with van der Waals surface area (Å²) >= 11 is 0. The predicted octanol–water partition coefficient (Wildman–Crippen LogP) is 3.04. The van der Waals surface area contributed by atoms with Crippen LogP contribution in [0.3, 0.4) is 0 Å². The average molecular weight is 417 g/mol. The van der Waals surface area contributed by atoms with Crippen LogP contribution in [-0.4, -0.2) is 38.8 Å². The van der Waals surface area contributed by atoms with Crippen molar-refractivity contribution < 1.29 is 17.9 Å². The molecule has 6 nitrogen and oxygen atoms in total. The Balaban J connectivity index is 1.64. The van der Waals surface area contributed by atoms with Crippen LogP contribution in [0.2, 0.25) is 0 Å². The van der Waals surface area contributed by atoms with Crippen molar-refractivity contribution in [3.63, 3.8) is 0 Å². The first-order valence-corrected chi connectivity index (χ1v) is 11.3. The highest BCUT2D eigenvalue weighted by molar-refractivity contribution is 7.89. The molecule has 0 unspecified atom stereocenters. The van der Waals surface area contributed by atoms with E-state index in [1.54, 1.807) is 25.3 Å². The van der Waals surface area contributed by atoms with Gasteiger partial charge in [-0.05, 0) is 55.5 Å². The molecule has 0 aliphatic carbocycles. The van der Waals surface area contributed by atoms with E-state index in [-0.39, 0.29) is 17.2 Å². The number of carbonyl (C=O) groups is 1. The van der Waals surface area contributed by atoms with Crippen LogP contribution >= 0.6 is 0 Å². The summed E-state index contributed by atoms with van der Waals surface area (Å²) in [6.07, 6.45) is 2.45. The number of benzene rings is 2. The number of amides is 1. The van der Waals surface area contributed by atoms with Gasteiger partial charge >= 0.3 is 0 Å². The highest BCUT2D eigenvalue weighted by Gasteiger charge is 2.27. The van der Waals surface area contributed by atoms with Gasteiger partial charge in [0.2, 0.25) is 15.9 Å². The Hall–Kier alpha value is -2.38. The third kappa shape index (κ3) is 5.36. The van der Waals surface area contributed by atoms with E-state index in [1.807, 2.05) is 31.2 Å². The maximum atomic E-state index is 12.8. The van der Waals surface area contributed by atoms with Gasteiger partial charge in [-0.3, -0.25) is 4.79 Å². The number of ether oxygens (including phenoxy) is 1. The van der Waals surface area contributed by atoms with Crippen molar-refractivity contribution in [3.05, 3.63) is 59.2 Å². The van der Waals surface area contributed by atoms with E-state index in [9.17, 15) is 13.2 Å². The smallest absolute Gasteiger partial charge is 0.243 e. The Kier molecular flexibility index (Phi) is 6.92. The number of aryl methyl sites for hydroxylation is 2. The summed E-state index contributed by atoms with van der Waals surface area (Å²) in [4.78, 5) is 12.5. The van der Waals surface area contributed by atoms with E-state index in [4.69, 9.17) is 4.74 Å². The van der Waals surface area contributed by atoms with Gasteiger partial charge in [0.15, 0.2) is 0 Å². The van der Waals surface area contributed by atoms with Crippen molar-refractivity contribution >= 4 is 15.9 Å². The lowest BCUT2D eigenvalue weighted by Gasteiger charge is -2.17. The zero-order valence-corrected chi connectivity index (χ0v) is 17.8. The van der Waals surface area contributed by atoms with Gasteiger partial charge in [0.25, 0.3) is 0 Å². The molecular formula is C22H28N2O4S. The zero-order chi connectivity index (χ0) is 20.9. The number of hydrogen-bond acceptors (Lipinski definition) is 4. The van der Waals surface area contributed by atoms with Crippen LogP contribution in [0, 0.1) is 6.92 Å². The maximum Gasteiger partial charge on any atom is 0.243 e. The highest BCUT2D eigenvalue weighted by Crippen LogP contribution is 2.27. The molecule has 29 heavy (non-hydrogen) atoms. The standard InChI is InChI=1S/C22H28N2O4S/c1-17-5-7-18(8-6-17)16-23-22(25)12-9-19-15-20(10-11-21(19)28-2)29(26,27)24-13-3-4-14-24/h5-8,10-11,15H,3-4,9,12-14,16H2,1-2H3,(H,23,25). The molecule has 156 valence electrons. The minimum atomic E-state index is -3.50. The zero-order valence-electron chi connectivity index (χ0n) is 17.0. The molecule has 0 saturated carbocycles. The molecule has 0 spiro atoms. The fraction of sp³-hybridized carbons (Fsp3) is 0.409. The summed E-state index contributed by atoms with van der Waals surface area (Å²) in [5.74, 6) is 0.511. The third-order valence-electron chi connectivity index (χ3n) is 5.19. The summed E-state index contributed by atoms with van der Waals surface area (Å²) in [5, 5.41) is 2.91. The molecule has 1 aliphatic heterocycles. The van der Waals surface area contributed by atoms with Gasteiger partial charge in [-0.1, -0.05) is 29.8 Å². The second-order valence-corrected chi connectivity index (χ2v) is 9.29. The van der Waals surface area contributed by atoms with E-state index < -0.39 is 10.0 Å². The monoisotopic (exact) mass is 416 g/mol. The fourth-order valence-electron chi connectivity index (χ4n) is 3.43. The summed E-state index contributed by atoms with van der Waals surface area (Å²) in [6.45, 7) is 3.61. The van der Waals surface area contributed by atoms with Crippen molar-refractivity contribution in [1.29, 1.82) is 0 Å². The van der Waals surface area contributed by atoms with Crippen molar-refractivity contribution in [2.75, 3.05) is 20.2 Å². The number of hydrogen-bond donors (Lipinski definition) is 1. The van der Waals surface area contributed by atoms with Crippen molar-refractivity contribution in [1.82, 2.24) is 9.62 Å². The molecule has 1 heterocycles. The molecular weight excluding hydrogens is 388 g/mol. The number of nitrogens with zero attached hydrogens (tertiary/aromatic N) is 1. The first kappa shape index (κ1) is 21.3.